The number of hydrogen-bond acceptors (Lipinski definition) is 3. The van der Waals surface area contributed by atoms with Gasteiger partial charge in [-0.05, 0) is 12.1 Å². The molecule has 0 aliphatic rings. The molecule has 0 unspecified atom stereocenters. The summed E-state index contributed by atoms with van der Waals surface area (Å²) in [7, 11) is 0. The smallest absolute Gasteiger partial charge is 0.269 e. The van der Waals surface area contributed by atoms with Gasteiger partial charge in [0.25, 0.3) is 5.91 Å². The van der Waals surface area contributed by atoms with Crippen molar-refractivity contribution in [1.29, 1.82) is 0 Å². The van der Waals surface area contributed by atoms with Crippen molar-refractivity contribution < 1.29 is 4.79 Å². The van der Waals surface area contributed by atoms with E-state index in [2.05, 4.69) is 10.1 Å². The minimum Gasteiger partial charge on any atom is -0.364 e. The van der Waals surface area contributed by atoms with Crippen LogP contribution in [0.3, 0.4) is 0 Å². The highest BCUT2D eigenvalue weighted by molar-refractivity contribution is 5.97. The van der Waals surface area contributed by atoms with Gasteiger partial charge < -0.3 is 5.73 Å². The fourth-order valence-corrected chi connectivity index (χ4v) is 1.03. The maximum absolute atomic E-state index is 10.8. The quantitative estimate of drug-likeness (QED) is 0.632. The van der Waals surface area contributed by atoms with E-state index in [0.717, 1.165) is 0 Å². The second kappa shape index (κ2) is 2.30. The molecule has 0 saturated heterocycles. The lowest BCUT2D eigenvalue weighted by atomic mass is 10.3. The van der Waals surface area contributed by atoms with E-state index in [1.54, 1.807) is 18.3 Å². The van der Waals surface area contributed by atoms with Gasteiger partial charge in [0.1, 0.15) is 6.33 Å². The molecule has 60 valence electrons. The first-order chi connectivity index (χ1) is 5.79. The molecule has 5 nitrogen and oxygen atoms in total. The maximum atomic E-state index is 10.8. The Balaban J connectivity index is 2.79. The van der Waals surface area contributed by atoms with E-state index in [9.17, 15) is 4.79 Å². The minimum atomic E-state index is -0.537. The van der Waals surface area contributed by atoms with Crippen LogP contribution < -0.4 is 5.73 Å². The van der Waals surface area contributed by atoms with Gasteiger partial charge >= 0.3 is 0 Å². The van der Waals surface area contributed by atoms with Gasteiger partial charge in [-0.1, -0.05) is 0 Å². The average Bonchev–Trinajstić information content (AvgIpc) is 2.47. The predicted octanol–water partition coefficient (Wildman–Crippen LogP) is -0.172. The van der Waals surface area contributed by atoms with E-state index in [1.165, 1.54) is 10.8 Å². The second-order valence-corrected chi connectivity index (χ2v) is 2.31. The average molecular weight is 162 g/mol. The number of fused-ring (bicyclic) bond motifs is 1. The number of hydrogen-bond donors (Lipinski definition) is 1. The number of primary amides is 1. The molecule has 0 atom stereocenters. The van der Waals surface area contributed by atoms with E-state index < -0.39 is 5.91 Å². The predicted molar refractivity (Wildman–Crippen MR) is 41.5 cm³/mol. The molecule has 0 aromatic carbocycles. The molecule has 0 radical (unpaired) electrons. The van der Waals surface area contributed by atoms with Crippen molar-refractivity contribution in [2.24, 2.45) is 5.73 Å². The minimum absolute atomic E-state index is 0.253. The number of carbonyl (C=O) groups is 1. The monoisotopic (exact) mass is 162 g/mol. The van der Waals surface area contributed by atoms with Crippen LogP contribution in [0.2, 0.25) is 0 Å². The first-order valence-electron chi connectivity index (χ1n) is 3.37. The van der Waals surface area contributed by atoms with Crippen LogP contribution in [0.5, 0.6) is 0 Å². The van der Waals surface area contributed by atoms with Crippen molar-refractivity contribution in [2.75, 3.05) is 0 Å². The standard InChI is InChI=1S/C7H6N4O/c8-7(12)6-5-2-1-3-10-11(5)4-9-6/h1-4H,(H2,8,12). The van der Waals surface area contributed by atoms with Crippen LogP contribution in [0, 0.1) is 0 Å². The summed E-state index contributed by atoms with van der Waals surface area (Å²) in [5.41, 5.74) is 5.96. The van der Waals surface area contributed by atoms with Crippen LogP contribution in [-0.2, 0) is 0 Å². The third-order valence-electron chi connectivity index (χ3n) is 1.55. The van der Waals surface area contributed by atoms with E-state index in [1.807, 2.05) is 0 Å². The molecular weight excluding hydrogens is 156 g/mol. The summed E-state index contributed by atoms with van der Waals surface area (Å²) in [5.74, 6) is -0.537. The fraction of sp³-hybridized carbons (Fsp3) is 0. The molecule has 0 spiro atoms. The summed E-state index contributed by atoms with van der Waals surface area (Å²) in [6.45, 7) is 0. The van der Waals surface area contributed by atoms with Crippen LogP contribution in [0.25, 0.3) is 5.52 Å². The molecule has 2 aromatic rings. The highest BCUT2D eigenvalue weighted by Crippen LogP contribution is 2.05. The van der Waals surface area contributed by atoms with Crippen molar-refractivity contribution in [3.05, 3.63) is 30.4 Å². The molecule has 1 amide bonds. The summed E-state index contributed by atoms with van der Waals surface area (Å²) >= 11 is 0. The first kappa shape index (κ1) is 6.78. The summed E-state index contributed by atoms with van der Waals surface area (Å²) in [4.78, 5) is 14.6. The summed E-state index contributed by atoms with van der Waals surface area (Å²) in [5, 5.41) is 3.93. The Hall–Kier alpha value is -1.91. The zero-order chi connectivity index (χ0) is 8.55. The van der Waals surface area contributed by atoms with Crippen LogP contribution in [0.1, 0.15) is 10.5 Å². The number of nitrogens with two attached hydrogens (primary N) is 1. The molecule has 0 saturated carbocycles. The number of imidazole rings is 1. The Bertz CT molecular complexity index is 434. The molecule has 2 rings (SSSR count). The van der Waals surface area contributed by atoms with Gasteiger partial charge in [0.15, 0.2) is 5.69 Å². The summed E-state index contributed by atoms with van der Waals surface area (Å²) in [6.07, 6.45) is 3.06. The number of nitrogens with zero attached hydrogens (tertiary/aromatic N) is 3. The molecule has 5 heteroatoms. The molecule has 0 bridgehead atoms. The van der Waals surface area contributed by atoms with Gasteiger partial charge in [-0.25, -0.2) is 9.50 Å². The van der Waals surface area contributed by atoms with E-state index >= 15 is 0 Å². The fourth-order valence-electron chi connectivity index (χ4n) is 1.03. The van der Waals surface area contributed by atoms with Gasteiger partial charge in [-0.2, -0.15) is 5.10 Å². The zero-order valence-corrected chi connectivity index (χ0v) is 6.14. The third-order valence-corrected chi connectivity index (χ3v) is 1.55. The number of aromatic nitrogens is 3. The van der Waals surface area contributed by atoms with Crippen molar-refractivity contribution in [3.63, 3.8) is 0 Å². The van der Waals surface area contributed by atoms with E-state index in [4.69, 9.17) is 5.73 Å². The Morgan fingerprint density at radius 1 is 1.58 bits per heavy atom. The second-order valence-electron chi connectivity index (χ2n) is 2.31. The van der Waals surface area contributed by atoms with Gasteiger partial charge in [-0.3, -0.25) is 4.79 Å². The van der Waals surface area contributed by atoms with Crippen LogP contribution in [0.15, 0.2) is 24.7 Å². The third kappa shape index (κ3) is 0.833. The van der Waals surface area contributed by atoms with Crippen molar-refractivity contribution >= 4 is 11.4 Å². The van der Waals surface area contributed by atoms with Crippen LogP contribution >= 0.6 is 0 Å². The molecule has 0 fully saturated rings. The van der Waals surface area contributed by atoms with Crippen molar-refractivity contribution in [3.8, 4) is 0 Å². The highest BCUT2D eigenvalue weighted by Gasteiger charge is 2.08. The molecule has 0 aliphatic heterocycles. The molecule has 2 N–H and O–H groups in total. The zero-order valence-electron chi connectivity index (χ0n) is 6.14. The van der Waals surface area contributed by atoms with E-state index in [-0.39, 0.29) is 5.69 Å². The Kier molecular flexibility index (Phi) is 1.30. The maximum Gasteiger partial charge on any atom is 0.269 e. The SMILES string of the molecule is NC(=O)c1ncn2ncccc12. The van der Waals surface area contributed by atoms with Gasteiger partial charge in [0.2, 0.25) is 0 Å². The van der Waals surface area contributed by atoms with Gasteiger partial charge in [-0.15, -0.1) is 0 Å². The van der Waals surface area contributed by atoms with Gasteiger partial charge in [0, 0.05) is 6.20 Å². The lowest BCUT2D eigenvalue weighted by Crippen LogP contribution is -2.11. The lowest BCUT2D eigenvalue weighted by Gasteiger charge is -1.90. The number of rotatable bonds is 1. The first-order valence-corrected chi connectivity index (χ1v) is 3.37. The Labute approximate surface area is 67.8 Å². The summed E-state index contributed by atoms with van der Waals surface area (Å²) < 4.78 is 1.50. The highest BCUT2D eigenvalue weighted by atomic mass is 16.1. The van der Waals surface area contributed by atoms with Crippen molar-refractivity contribution in [1.82, 2.24) is 14.6 Å². The number of carbonyl (C=O) groups excluding carboxylic acids is 1. The van der Waals surface area contributed by atoms with Gasteiger partial charge in [0.05, 0.1) is 5.52 Å². The normalized spacial score (nSPS) is 10.3. The van der Waals surface area contributed by atoms with E-state index in [0.29, 0.717) is 5.52 Å². The molecular formula is C7H6N4O. The topological polar surface area (TPSA) is 73.3 Å². The molecule has 12 heavy (non-hydrogen) atoms. The largest absolute Gasteiger partial charge is 0.364 e. The molecule has 2 aromatic heterocycles. The molecule has 0 aliphatic carbocycles. The number of amides is 1. The lowest BCUT2D eigenvalue weighted by molar-refractivity contribution is 0.0997. The Morgan fingerprint density at radius 2 is 2.42 bits per heavy atom. The van der Waals surface area contributed by atoms with Crippen LogP contribution in [-0.4, -0.2) is 20.5 Å². The Morgan fingerprint density at radius 3 is 3.17 bits per heavy atom. The molecule has 2 heterocycles. The summed E-state index contributed by atoms with van der Waals surface area (Å²) in [6, 6.07) is 3.46. The van der Waals surface area contributed by atoms with Crippen LogP contribution in [0.4, 0.5) is 0 Å². The van der Waals surface area contributed by atoms with Crippen molar-refractivity contribution in [2.45, 2.75) is 0 Å².